The first-order valence-electron chi connectivity index (χ1n) is 7.86. The second-order valence-corrected chi connectivity index (χ2v) is 5.52. The van der Waals surface area contributed by atoms with Gasteiger partial charge in [-0.15, -0.1) is 5.06 Å². The van der Waals surface area contributed by atoms with Gasteiger partial charge < -0.3 is 15.0 Å². The Morgan fingerprint density at radius 3 is 2.42 bits per heavy atom. The molecule has 0 unspecified atom stereocenters. The molecule has 1 rings (SSSR count). The first kappa shape index (κ1) is 19.6. The first-order chi connectivity index (χ1) is 11.4. The second kappa shape index (κ2) is 10.3. The summed E-state index contributed by atoms with van der Waals surface area (Å²) in [6.07, 6.45) is 2.21. The minimum absolute atomic E-state index is 0.0820. The molecule has 1 saturated heterocycles. The van der Waals surface area contributed by atoms with Crippen LogP contribution in [0.15, 0.2) is 5.16 Å². The largest absolute Gasteiger partial charge is 0.386 e. The molecule has 9 heteroatoms. The molecular formula is C15H23N3O6. The molecule has 9 nitrogen and oxygen atoms in total. The fourth-order valence-electron chi connectivity index (χ4n) is 1.88. The molecule has 1 N–H and O–H groups in total. The van der Waals surface area contributed by atoms with Crippen LogP contribution in [0.3, 0.4) is 0 Å². The second-order valence-electron chi connectivity index (χ2n) is 5.52. The number of hydrogen-bond acceptors (Lipinski definition) is 7. The summed E-state index contributed by atoms with van der Waals surface area (Å²) >= 11 is 0. The normalized spacial score (nSPS) is 13.7. The van der Waals surface area contributed by atoms with Crippen molar-refractivity contribution in [1.29, 1.82) is 0 Å². The quantitative estimate of drug-likeness (QED) is 0.270. The lowest BCUT2D eigenvalue weighted by Crippen LogP contribution is -2.32. The van der Waals surface area contributed by atoms with Gasteiger partial charge in [-0.1, -0.05) is 11.6 Å². The zero-order valence-electron chi connectivity index (χ0n) is 14.0. The molecule has 0 aromatic rings. The fourth-order valence-corrected chi connectivity index (χ4v) is 1.88. The summed E-state index contributed by atoms with van der Waals surface area (Å²) in [7, 11) is 0. The lowest BCUT2D eigenvalue weighted by molar-refractivity contribution is -0.197. The number of nitrogens with one attached hydrogen (secondary N) is 1. The molecule has 1 aliphatic rings. The summed E-state index contributed by atoms with van der Waals surface area (Å²) in [6.45, 7) is 3.86. The van der Waals surface area contributed by atoms with Crippen LogP contribution < -0.4 is 5.32 Å². The number of unbranched alkanes of at least 4 members (excludes halogenated alkanes) is 2. The van der Waals surface area contributed by atoms with E-state index in [-0.39, 0.29) is 31.8 Å². The van der Waals surface area contributed by atoms with Gasteiger partial charge in [0.25, 0.3) is 17.7 Å². The van der Waals surface area contributed by atoms with Crippen LogP contribution in [-0.4, -0.2) is 47.6 Å². The minimum atomic E-state index is -0.608. The highest BCUT2D eigenvalue weighted by Crippen LogP contribution is 2.13. The zero-order valence-corrected chi connectivity index (χ0v) is 14.0. The van der Waals surface area contributed by atoms with E-state index in [2.05, 4.69) is 10.5 Å². The molecule has 3 amide bonds. The predicted octanol–water partition coefficient (Wildman–Crippen LogP) is 0.683. The van der Waals surface area contributed by atoms with Crippen LogP contribution in [0.4, 0.5) is 0 Å². The standard InChI is InChI=1S/C15H23N3O6/c1-11(2)17-23-10-12(19)16-9-5-3-4-6-15(22)24-18-13(20)7-8-14(18)21/h3-10H2,1-2H3,(H,16,19). The molecule has 1 aliphatic heterocycles. The average molecular weight is 341 g/mol. The average Bonchev–Trinajstić information content (AvgIpc) is 2.82. The molecule has 0 aromatic carbocycles. The van der Waals surface area contributed by atoms with Crippen LogP contribution in [0.5, 0.6) is 0 Å². The number of hydroxylamine groups is 2. The third-order valence-electron chi connectivity index (χ3n) is 3.02. The summed E-state index contributed by atoms with van der Waals surface area (Å²) in [4.78, 5) is 55.0. The molecule has 0 aromatic heterocycles. The zero-order chi connectivity index (χ0) is 17.9. The van der Waals surface area contributed by atoms with Crippen molar-refractivity contribution in [2.75, 3.05) is 13.2 Å². The number of nitrogens with zero attached hydrogens (tertiary/aromatic N) is 2. The highest BCUT2D eigenvalue weighted by molar-refractivity contribution is 6.01. The van der Waals surface area contributed by atoms with Crippen LogP contribution in [0.25, 0.3) is 0 Å². The van der Waals surface area contributed by atoms with E-state index in [0.29, 0.717) is 30.9 Å². The van der Waals surface area contributed by atoms with Gasteiger partial charge in [0.2, 0.25) is 0 Å². The van der Waals surface area contributed by atoms with E-state index < -0.39 is 17.8 Å². The smallest absolute Gasteiger partial charge is 0.333 e. The predicted molar refractivity (Wildman–Crippen MR) is 83.4 cm³/mol. The molecule has 0 bridgehead atoms. The highest BCUT2D eigenvalue weighted by atomic mass is 16.7. The van der Waals surface area contributed by atoms with E-state index in [1.54, 1.807) is 13.8 Å². The van der Waals surface area contributed by atoms with Crippen LogP contribution >= 0.6 is 0 Å². The van der Waals surface area contributed by atoms with E-state index in [1.807, 2.05) is 0 Å². The Morgan fingerprint density at radius 1 is 1.12 bits per heavy atom. The number of rotatable bonds is 10. The van der Waals surface area contributed by atoms with Gasteiger partial charge in [-0.2, -0.15) is 0 Å². The van der Waals surface area contributed by atoms with Crippen LogP contribution in [0.1, 0.15) is 52.4 Å². The Labute approximate surface area is 140 Å². The van der Waals surface area contributed by atoms with Crippen molar-refractivity contribution >= 4 is 29.4 Å². The topological polar surface area (TPSA) is 114 Å². The van der Waals surface area contributed by atoms with Crippen molar-refractivity contribution in [2.45, 2.75) is 52.4 Å². The monoisotopic (exact) mass is 341 g/mol. The van der Waals surface area contributed by atoms with Crippen molar-refractivity contribution in [1.82, 2.24) is 10.4 Å². The van der Waals surface area contributed by atoms with E-state index >= 15 is 0 Å². The van der Waals surface area contributed by atoms with Gasteiger partial charge in [0.1, 0.15) is 0 Å². The minimum Gasteiger partial charge on any atom is -0.386 e. The SMILES string of the molecule is CC(C)=NOCC(=O)NCCCCCC(=O)ON1C(=O)CCC1=O. The third kappa shape index (κ3) is 7.70. The van der Waals surface area contributed by atoms with Gasteiger partial charge in [0, 0.05) is 25.8 Å². The van der Waals surface area contributed by atoms with Crippen molar-refractivity contribution in [3.05, 3.63) is 0 Å². The maximum absolute atomic E-state index is 11.5. The Morgan fingerprint density at radius 2 is 1.79 bits per heavy atom. The Kier molecular flexibility index (Phi) is 8.45. The van der Waals surface area contributed by atoms with Crippen molar-refractivity contribution in [3.8, 4) is 0 Å². The van der Waals surface area contributed by atoms with E-state index in [4.69, 9.17) is 9.68 Å². The molecule has 0 aliphatic carbocycles. The molecule has 1 heterocycles. The maximum atomic E-state index is 11.5. The number of oxime groups is 1. The van der Waals surface area contributed by atoms with E-state index in [0.717, 1.165) is 5.71 Å². The maximum Gasteiger partial charge on any atom is 0.333 e. The van der Waals surface area contributed by atoms with Gasteiger partial charge in [-0.05, 0) is 26.7 Å². The molecule has 0 spiro atoms. The lowest BCUT2D eigenvalue weighted by atomic mass is 10.2. The summed E-state index contributed by atoms with van der Waals surface area (Å²) in [6, 6.07) is 0. The Balaban J connectivity index is 2.02. The molecule has 24 heavy (non-hydrogen) atoms. The number of imide groups is 1. The highest BCUT2D eigenvalue weighted by Gasteiger charge is 2.32. The summed E-state index contributed by atoms with van der Waals surface area (Å²) < 4.78 is 0. The van der Waals surface area contributed by atoms with Crippen LogP contribution in [0.2, 0.25) is 0 Å². The summed E-state index contributed by atoms with van der Waals surface area (Å²) in [5.74, 6) is -1.84. The summed E-state index contributed by atoms with van der Waals surface area (Å²) in [5, 5.41) is 6.86. The first-order valence-corrected chi connectivity index (χ1v) is 7.86. The molecule has 0 saturated carbocycles. The number of hydrogen-bond donors (Lipinski definition) is 1. The number of carbonyl (C=O) groups excluding carboxylic acids is 4. The molecular weight excluding hydrogens is 318 g/mol. The van der Waals surface area contributed by atoms with Gasteiger partial charge in [-0.3, -0.25) is 14.4 Å². The van der Waals surface area contributed by atoms with Gasteiger partial charge >= 0.3 is 5.97 Å². The Bertz CT molecular complexity index is 497. The lowest BCUT2D eigenvalue weighted by Gasteiger charge is -2.12. The van der Waals surface area contributed by atoms with Crippen molar-refractivity contribution in [2.24, 2.45) is 5.16 Å². The van der Waals surface area contributed by atoms with E-state index in [1.165, 1.54) is 0 Å². The molecule has 1 fully saturated rings. The van der Waals surface area contributed by atoms with Crippen LogP contribution in [0, 0.1) is 0 Å². The molecule has 0 atom stereocenters. The molecule has 134 valence electrons. The number of carbonyl (C=O) groups is 4. The fraction of sp³-hybridized carbons (Fsp3) is 0.667. The van der Waals surface area contributed by atoms with Crippen molar-refractivity contribution in [3.63, 3.8) is 0 Å². The van der Waals surface area contributed by atoms with Gasteiger partial charge in [0.05, 0.1) is 5.71 Å². The van der Waals surface area contributed by atoms with Gasteiger partial charge in [-0.25, -0.2) is 4.79 Å². The third-order valence-corrected chi connectivity index (χ3v) is 3.02. The van der Waals surface area contributed by atoms with Crippen molar-refractivity contribution < 1.29 is 28.9 Å². The number of amides is 3. The summed E-state index contributed by atoms with van der Waals surface area (Å²) in [5.41, 5.74) is 0.729. The van der Waals surface area contributed by atoms with E-state index in [9.17, 15) is 19.2 Å². The van der Waals surface area contributed by atoms with Gasteiger partial charge in [0.15, 0.2) is 6.61 Å². The molecule has 0 radical (unpaired) electrons. The Hall–Kier alpha value is -2.45. The van der Waals surface area contributed by atoms with Crippen LogP contribution in [-0.2, 0) is 28.9 Å².